The highest BCUT2D eigenvalue weighted by Gasteiger charge is 2.13. The van der Waals surface area contributed by atoms with Crippen molar-refractivity contribution in [2.75, 3.05) is 26.4 Å². The van der Waals surface area contributed by atoms with Crippen LogP contribution >= 0.6 is 0 Å². The maximum Gasteiger partial charge on any atom is 0.0808 e. The number of rotatable bonds is 17. The standard InChI is InChI=1S/C19H40O3/c1-4-7-9-10-13-19(17-21-15-11-14-20)22-16-18(6-3)12-8-5-2/h18-20H,4-17H2,1-3H3. The molecule has 0 aromatic heterocycles. The molecule has 22 heavy (non-hydrogen) atoms. The normalized spacial score (nSPS) is 14.2. The molecule has 0 aromatic rings. The fraction of sp³-hybridized carbons (Fsp3) is 1.00. The lowest BCUT2D eigenvalue weighted by Crippen LogP contribution is -2.24. The molecule has 0 radical (unpaired) electrons. The summed E-state index contributed by atoms with van der Waals surface area (Å²) in [6, 6.07) is 0. The average Bonchev–Trinajstić information content (AvgIpc) is 2.54. The van der Waals surface area contributed by atoms with Gasteiger partial charge in [-0.2, -0.15) is 0 Å². The fourth-order valence-corrected chi connectivity index (χ4v) is 2.57. The summed E-state index contributed by atoms with van der Waals surface area (Å²) in [4.78, 5) is 0. The van der Waals surface area contributed by atoms with Crippen LogP contribution in [-0.4, -0.2) is 37.6 Å². The van der Waals surface area contributed by atoms with Gasteiger partial charge in [-0.3, -0.25) is 0 Å². The second-order valence-corrected chi connectivity index (χ2v) is 6.37. The van der Waals surface area contributed by atoms with E-state index in [-0.39, 0.29) is 12.7 Å². The highest BCUT2D eigenvalue weighted by Crippen LogP contribution is 2.16. The molecule has 0 saturated carbocycles. The molecule has 0 aliphatic carbocycles. The van der Waals surface area contributed by atoms with Crippen molar-refractivity contribution < 1.29 is 14.6 Å². The minimum atomic E-state index is 0.205. The van der Waals surface area contributed by atoms with Gasteiger partial charge in [-0.15, -0.1) is 0 Å². The lowest BCUT2D eigenvalue weighted by atomic mass is 10.0. The molecule has 0 rings (SSSR count). The lowest BCUT2D eigenvalue weighted by Gasteiger charge is -2.22. The van der Waals surface area contributed by atoms with Gasteiger partial charge in [0.05, 0.1) is 12.7 Å². The Morgan fingerprint density at radius 1 is 0.818 bits per heavy atom. The van der Waals surface area contributed by atoms with Crippen LogP contribution in [0, 0.1) is 5.92 Å². The van der Waals surface area contributed by atoms with Crippen LogP contribution in [-0.2, 0) is 9.47 Å². The summed E-state index contributed by atoms with van der Waals surface area (Å²) >= 11 is 0. The Hall–Kier alpha value is -0.120. The van der Waals surface area contributed by atoms with Crippen LogP contribution in [0.3, 0.4) is 0 Å². The Bertz CT molecular complexity index is 197. The van der Waals surface area contributed by atoms with E-state index in [1.165, 1.54) is 51.4 Å². The molecular formula is C19H40O3. The zero-order chi connectivity index (χ0) is 16.5. The summed E-state index contributed by atoms with van der Waals surface area (Å²) in [5.74, 6) is 0.690. The molecule has 0 amide bonds. The third-order valence-electron chi connectivity index (χ3n) is 4.24. The molecule has 0 spiro atoms. The molecule has 2 unspecified atom stereocenters. The van der Waals surface area contributed by atoms with Gasteiger partial charge in [-0.25, -0.2) is 0 Å². The first-order chi connectivity index (χ1) is 10.8. The van der Waals surface area contributed by atoms with Crippen LogP contribution in [0.5, 0.6) is 0 Å². The maximum atomic E-state index is 8.81. The Kier molecular flexibility index (Phi) is 17.1. The summed E-state index contributed by atoms with van der Waals surface area (Å²) in [6.07, 6.45) is 12.2. The first kappa shape index (κ1) is 21.9. The van der Waals surface area contributed by atoms with Crippen LogP contribution in [0.15, 0.2) is 0 Å². The molecule has 3 heteroatoms. The largest absolute Gasteiger partial charge is 0.396 e. The Labute approximate surface area is 138 Å². The zero-order valence-corrected chi connectivity index (χ0v) is 15.3. The molecule has 0 aromatic carbocycles. The van der Waals surface area contributed by atoms with Crippen molar-refractivity contribution in [1.29, 1.82) is 0 Å². The van der Waals surface area contributed by atoms with Gasteiger partial charge in [0.15, 0.2) is 0 Å². The van der Waals surface area contributed by atoms with Gasteiger partial charge in [0.1, 0.15) is 0 Å². The first-order valence-electron chi connectivity index (χ1n) is 9.58. The van der Waals surface area contributed by atoms with E-state index in [4.69, 9.17) is 14.6 Å². The molecule has 3 nitrogen and oxygen atoms in total. The molecule has 0 fully saturated rings. The number of aliphatic hydroxyl groups is 1. The lowest BCUT2D eigenvalue weighted by molar-refractivity contribution is -0.0372. The zero-order valence-electron chi connectivity index (χ0n) is 15.3. The second-order valence-electron chi connectivity index (χ2n) is 6.37. The van der Waals surface area contributed by atoms with E-state index < -0.39 is 0 Å². The maximum absolute atomic E-state index is 8.81. The first-order valence-corrected chi connectivity index (χ1v) is 9.58. The number of aliphatic hydroxyl groups excluding tert-OH is 1. The van der Waals surface area contributed by atoms with Crippen LogP contribution in [0.2, 0.25) is 0 Å². The van der Waals surface area contributed by atoms with Crippen molar-refractivity contribution in [2.45, 2.75) is 91.1 Å². The molecule has 1 N–H and O–H groups in total. The predicted molar refractivity (Wildman–Crippen MR) is 94.3 cm³/mol. The van der Waals surface area contributed by atoms with E-state index >= 15 is 0 Å². The third-order valence-corrected chi connectivity index (χ3v) is 4.24. The molecule has 0 heterocycles. The van der Waals surface area contributed by atoms with Gasteiger partial charge in [0.25, 0.3) is 0 Å². The third kappa shape index (κ3) is 13.5. The minimum absolute atomic E-state index is 0.205. The molecule has 0 aliphatic rings. The highest BCUT2D eigenvalue weighted by atomic mass is 16.5. The molecule has 0 bridgehead atoms. The van der Waals surface area contributed by atoms with Crippen LogP contribution in [0.1, 0.15) is 85.0 Å². The van der Waals surface area contributed by atoms with Crippen molar-refractivity contribution >= 4 is 0 Å². The minimum Gasteiger partial charge on any atom is -0.396 e. The van der Waals surface area contributed by atoms with Crippen molar-refractivity contribution in [3.63, 3.8) is 0 Å². The topological polar surface area (TPSA) is 38.7 Å². The van der Waals surface area contributed by atoms with E-state index in [0.29, 0.717) is 19.1 Å². The van der Waals surface area contributed by atoms with Gasteiger partial charge in [-0.05, 0) is 25.2 Å². The van der Waals surface area contributed by atoms with Gasteiger partial charge in [-0.1, -0.05) is 65.7 Å². The predicted octanol–water partition coefficient (Wildman–Crippen LogP) is 4.96. The van der Waals surface area contributed by atoms with Crippen molar-refractivity contribution in [1.82, 2.24) is 0 Å². The van der Waals surface area contributed by atoms with E-state index in [0.717, 1.165) is 19.4 Å². The summed E-state index contributed by atoms with van der Waals surface area (Å²) in [6.45, 7) is 9.15. The summed E-state index contributed by atoms with van der Waals surface area (Å²) in [5, 5.41) is 8.81. The van der Waals surface area contributed by atoms with Crippen molar-refractivity contribution in [3.8, 4) is 0 Å². The van der Waals surface area contributed by atoms with Gasteiger partial charge in [0, 0.05) is 19.8 Å². The molecule has 134 valence electrons. The van der Waals surface area contributed by atoms with Crippen LogP contribution < -0.4 is 0 Å². The quantitative estimate of drug-likeness (QED) is 0.386. The van der Waals surface area contributed by atoms with Gasteiger partial charge < -0.3 is 14.6 Å². The van der Waals surface area contributed by atoms with Crippen molar-refractivity contribution in [2.24, 2.45) is 5.92 Å². The fourth-order valence-electron chi connectivity index (χ4n) is 2.57. The molecule has 0 aliphatic heterocycles. The average molecular weight is 317 g/mol. The summed E-state index contributed by atoms with van der Waals surface area (Å²) < 4.78 is 11.8. The Morgan fingerprint density at radius 3 is 2.23 bits per heavy atom. The Balaban J connectivity index is 4.01. The summed E-state index contributed by atoms with van der Waals surface area (Å²) in [7, 11) is 0. The Morgan fingerprint density at radius 2 is 1.59 bits per heavy atom. The van der Waals surface area contributed by atoms with Crippen molar-refractivity contribution in [3.05, 3.63) is 0 Å². The monoisotopic (exact) mass is 316 g/mol. The van der Waals surface area contributed by atoms with Gasteiger partial charge >= 0.3 is 0 Å². The van der Waals surface area contributed by atoms with Crippen LogP contribution in [0.4, 0.5) is 0 Å². The molecular weight excluding hydrogens is 276 g/mol. The van der Waals surface area contributed by atoms with Gasteiger partial charge in [0.2, 0.25) is 0 Å². The second kappa shape index (κ2) is 17.2. The molecule has 0 saturated heterocycles. The smallest absolute Gasteiger partial charge is 0.0808 e. The highest BCUT2D eigenvalue weighted by molar-refractivity contribution is 4.62. The number of hydrogen-bond acceptors (Lipinski definition) is 3. The number of ether oxygens (including phenoxy) is 2. The molecule has 2 atom stereocenters. The van der Waals surface area contributed by atoms with E-state index in [1.54, 1.807) is 0 Å². The van der Waals surface area contributed by atoms with Crippen LogP contribution in [0.25, 0.3) is 0 Å². The number of hydrogen-bond donors (Lipinski definition) is 1. The van der Waals surface area contributed by atoms with E-state index in [2.05, 4.69) is 20.8 Å². The number of unbranched alkanes of at least 4 members (excludes halogenated alkanes) is 4. The summed E-state index contributed by atoms with van der Waals surface area (Å²) in [5.41, 5.74) is 0. The SMILES string of the molecule is CCCCCCC(COCCCO)OCC(CC)CCCC. The van der Waals surface area contributed by atoms with E-state index in [1.807, 2.05) is 0 Å². The van der Waals surface area contributed by atoms with E-state index in [9.17, 15) is 0 Å².